The molecule has 1 saturated carbocycles. The first-order chi connectivity index (χ1) is 12.8. The van der Waals surface area contributed by atoms with Crippen LogP contribution in [0.5, 0.6) is 0 Å². The predicted octanol–water partition coefficient (Wildman–Crippen LogP) is 3.41. The third-order valence-corrected chi connectivity index (χ3v) is 6.06. The predicted molar refractivity (Wildman–Crippen MR) is 104 cm³/mol. The molecule has 1 aliphatic carbocycles. The number of pyridine rings is 1. The molecule has 0 unspecified atom stereocenters. The summed E-state index contributed by atoms with van der Waals surface area (Å²) in [5.74, 6) is 0. The lowest BCUT2D eigenvalue weighted by Gasteiger charge is -2.35. The lowest BCUT2D eigenvalue weighted by Crippen LogP contribution is -2.45. The number of hydrogen-bond acceptors (Lipinski definition) is 4. The van der Waals surface area contributed by atoms with Crippen molar-refractivity contribution >= 4 is 0 Å². The molecule has 5 heteroatoms. The van der Waals surface area contributed by atoms with Crippen molar-refractivity contribution in [1.82, 2.24) is 24.3 Å². The average molecular weight is 354 g/mol. The fraction of sp³-hybridized carbons (Fsp3) is 0.619. The molecule has 1 saturated heterocycles. The normalized spacial score (nSPS) is 20.5. The van der Waals surface area contributed by atoms with E-state index in [4.69, 9.17) is 0 Å². The number of piperazine rings is 1. The van der Waals surface area contributed by atoms with Crippen molar-refractivity contribution in [2.75, 3.05) is 26.2 Å². The van der Waals surface area contributed by atoms with Gasteiger partial charge >= 0.3 is 0 Å². The molecule has 0 N–H and O–H groups in total. The van der Waals surface area contributed by atoms with Crippen LogP contribution in [0.4, 0.5) is 0 Å². The van der Waals surface area contributed by atoms with E-state index >= 15 is 0 Å². The third-order valence-electron chi connectivity index (χ3n) is 6.06. The Bertz CT molecular complexity index is 696. The van der Waals surface area contributed by atoms with Crippen molar-refractivity contribution < 1.29 is 0 Å². The molecular weight excluding hydrogens is 322 g/mol. The molecule has 26 heavy (non-hydrogen) atoms. The second-order valence-electron chi connectivity index (χ2n) is 7.90. The van der Waals surface area contributed by atoms with E-state index in [0.29, 0.717) is 6.04 Å². The van der Waals surface area contributed by atoms with Crippen LogP contribution in [-0.4, -0.2) is 50.5 Å². The summed E-state index contributed by atoms with van der Waals surface area (Å²) in [6, 6.07) is 4.85. The number of nitrogens with zero attached hydrogens (tertiary/aromatic N) is 5. The summed E-state index contributed by atoms with van der Waals surface area (Å²) in [6.07, 6.45) is 12.8. The highest BCUT2D eigenvalue weighted by Gasteiger charge is 2.21. The lowest BCUT2D eigenvalue weighted by molar-refractivity contribution is 0.118. The van der Waals surface area contributed by atoms with E-state index in [1.54, 1.807) is 0 Å². The van der Waals surface area contributed by atoms with Gasteiger partial charge in [0, 0.05) is 57.7 Å². The molecule has 140 valence electrons. The van der Waals surface area contributed by atoms with Gasteiger partial charge in [-0.2, -0.15) is 0 Å². The van der Waals surface area contributed by atoms with Crippen LogP contribution in [-0.2, 0) is 13.1 Å². The zero-order chi connectivity index (χ0) is 17.8. The van der Waals surface area contributed by atoms with Gasteiger partial charge in [0.25, 0.3) is 0 Å². The van der Waals surface area contributed by atoms with Crippen molar-refractivity contribution in [2.24, 2.45) is 0 Å². The lowest BCUT2D eigenvalue weighted by atomic mass is 9.95. The molecular formula is C21H31N5. The first kappa shape index (κ1) is 17.7. The summed E-state index contributed by atoms with van der Waals surface area (Å²) < 4.78 is 2.46. The molecule has 2 aliphatic rings. The highest BCUT2D eigenvalue weighted by atomic mass is 15.3. The van der Waals surface area contributed by atoms with Crippen LogP contribution in [0.2, 0.25) is 0 Å². The molecule has 0 radical (unpaired) electrons. The van der Waals surface area contributed by atoms with Gasteiger partial charge in [-0.3, -0.25) is 14.8 Å². The van der Waals surface area contributed by atoms with E-state index in [0.717, 1.165) is 39.3 Å². The molecule has 0 spiro atoms. The van der Waals surface area contributed by atoms with E-state index in [1.165, 1.54) is 49.1 Å². The van der Waals surface area contributed by atoms with E-state index in [1.807, 2.05) is 12.3 Å². The van der Waals surface area contributed by atoms with E-state index in [9.17, 15) is 0 Å². The highest BCUT2D eigenvalue weighted by Crippen LogP contribution is 2.29. The maximum absolute atomic E-state index is 4.55. The molecule has 5 nitrogen and oxygen atoms in total. The van der Waals surface area contributed by atoms with Crippen LogP contribution >= 0.6 is 0 Å². The zero-order valence-corrected chi connectivity index (χ0v) is 16.0. The van der Waals surface area contributed by atoms with Crippen LogP contribution < -0.4 is 0 Å². The molecule has 2 fully saturated rings. The van der Waals surface area contributed by atoms with Gasteiger partial charge in [0.05, 0.1) is 17.7 Å². The molecule has 2 aromatic rings. The molecule has 0 amide bonds. The van der Waals surface area contributed by atoms with Crippen LogP contribution in [0.15, 0.2) is 30.9 Å². The minimum absolute atomic E-state index is 0.676. The average Bonchev–Trinajstić information content (AvgIpc) is 3.14. The Morgan fingerprint density at radius 2 is 1.73 bits per heavy atom. The Hall–Kier alpha value is -1.72. The summed E-state index contributed by atoms with van der Waals surface area (Å²) >= 11 is 0. The van der Waals surface area contributed by atoms with Gasteiger partial charge in [-0.1, -0.05) is 25.3 Å². The fourth-order valence-corrected chi connectivity index (χ4v) is 4.37. The smallest absolute Gasteiger partial charge is 0.0951 e. The third kappa shape index (κ3) is 4.15. The number of aryl methyl sites for hydroxylation is 1. The quantitative estimate of drug-likeness (QED) is 0.825. The first-order valence-electron chi connectivity index (χ1n) is 10.2. The Balaban J connectivity index is 1.30. The van der Waals surface area contributed by atoms with Gasteiger partial charge in [-0.05, 0) is 31.4 Å². The SMILES string of the molecule is Cc1cccnc1CN1CCN(Cc2cncn2C2CCCCC2)CC1. The van der Waals surface area contributed by atoms with Crippen molar-refractivity contribution in [3.05, 3.63) is 47.8 Å². The molecule has 1 aliphatic heterocycles. The number of rotatable bonds is 5. The minimum atomic E-state index is 0.676. The number of imidazole rings is 1. The van der Waals surface area contributed by atoms with Crippen molar-refractivity contribution in [3.8, 4) is 0 Å². The molecule has 2 aromatic heterocycles. The van der Waals surface area contributed by atoms with Crippen LogP contribution in [0, 0.1) is 6.92 Å². The Labute approximate surface area is 157 Å². The van der Waals surface area contributed by atoms with Crippen LogP contribution in [0.25, 0.3) is 0 Å². The molecule has 0 bridgehead atoms. The van der Waals surface area contributed by atoms with Gasteiger partial charge in [0.2, 0.25) is 0 Å². The number of aromatic nitrogens is 3. The second kappa shape index (κ2) is 8.31. The van der Waals surface area contributed by atoms with Gasteiger partial charge in [-0.15, -0.1) is 0 Å². The van der Waals surface area contributed by atoms with Crippen LogP contribution in [0.1, 0.15) is 55.1 Å². The standard InChI is InChI=1S/C21H31N5/c1-18-6-5-9-23-21(18)16-25-12-10-24(11-13-25)15-20-14-22-17-26(20)19-7-3-2-4-8-19/h5-6,9,14,17,19H,2-4,7-8,10-13,15-16H2,1H3. The maximum atomic E-state index is 4.55. The largest absolute Gasteiger partial charge is 0.330 e. The molecule has 4 rings (SSSR count). The Kier molecular flexibility index (Phi) is 5.65. The Morgan fingerprint density at radius 1 is 1.00 bits per heavy atom. The highest BCUT2D eigenvalue weighted by molar-refractivity contribution is 5.17. The van der Waals surface area contributed by atoms with Gasteiger partial charge in [0.15, 0.2) is 0 Å². The summed E-state index contributed by atoms with van der Waals surface area (Å²) in [6.45, 7) is 8.66. The molecule has 3 heterocycles. The summed E-state index contributed by atoms with van der Waals surface area (Å²) in [5, 5.41) is 0. The van der Waals surface area contributed by atoms with Crippen LogP contribution in [0.3, 0.4) is 0 Å². The Morgan fingerprint density at radius 3 is 2.46 bits per heavy atom. The minimum Gasteiger partial charge on any atom is -0.330 e. The topological polar surface area (TPSA) is 37.2 Å². The molecule has 0 aromatic carbocycles. The fourth-order valence-electron chi connectivity index (χ4n) is 4.37. The van der Waals surface area contributed by atoms with E-state index in [2.05, 4.69) is 49.8 Å². The van der Waals surface area contributed by atoms with Gasteiger partial charge in [-0.25, -0.2) is 4.98 Å². The zero-order valence-electron chi connectivity index (χ0n) is 16.0. The van der Waals surface area contributed by atoms with Gasteiger partial charge in [0.1, 0.15) is 0 Å². The first-order valence-corrected chi connectivity index (χ1v) is 10.2. The number of hydrogen-bond donors (Lipinski definition) is 0. The van der Waals surface area contributed by atoms with E-state index < -0.39 is 0 Å². The maximum Gasteiger partial charge on any atom is 0.0951 e. The summed E-state index contributed by atoms with van der Waals surface area (Å²) in [7, 11) is 0. The van der Waals surface area contributed by atoms with Crippen molar-refractivity contribution in [1.29, 1.82) is 0 Å². The van der Waals surface area contributed by atoms with Gasteiger partial charge < -0.3 is 4.57 Å². The van der Waals surface area contributed by atoms with E-state index in [-0.39, 0.29) is 0 Å². The summed E-state index contributed by atoms with van der Waals surface area (Å²) in [5.41, 5.74) is 3.91. The monoisotopic (exact) mass is 353 g/mol. The molecule has 0 atom stereocenters. The van der Waals surface area contributed by atoms with Crippen molar-refractivity contribution in [2.45, 2.75) is 58.2 Å². The van der Waals surface area contributed by atoms with Crippen molar-refractivity contribution in [3.63, 3.8) is 0 Å². The second-order valence-corrected chi connectivity index (χ2v) is 7.90. The summed E-state index contributed by atoms with van der Waals surface area (Å²) in [4.78, 5) is 14.1.